The summed E-state index contributed by atoms with van der Waals surface area (Å²) in [5.41, 5.74) is 0.383. The normalized spacial score (nSPS) is 11.0. The Hall–Kier alpha value is -1.96. The van der Waals surface area contributed by atoms with Crippen molar-refractivity contribution in [2.75, 3.05) is 25.0 Å². The first kappa shape index (κ1) is 17.1. The van der Waals surface area contributed by atoms with Crippen LogP contribution in [0.15, 0.2) is 24.3 Å². The highest BCUT2D eigenvalue weighted by Crippen LogP contribution is 2.23. The van der Waals surface area contributed by atoms with Crippen molar-refractivity contribution < 1.29 is 22.7 Å². The molecule has 8 heteroatoms. The maximum Gasteiger partial charge on any atom is 0.573 e. The Kier molecular flexibility index (Phi) is 6.80. The first-order valence-corrected chi connectivity index (χ1v) is 6.52. The zero-order valence-corrected chi connectivity index (χ0v) is 11.6. The summed E-state index contributed by atoms with van der Waals surface area (Å²) in [6, 6.07) is 4.53. The highest BCUT2D eigenvalue weighted by atomic mass is 19.4. The summed E-state index contributed by atoms with van der Waals surface area (Å²) in [5, 5.41) is 8.28. The lowest BCUT2D eigenvalue weighted by Gasteiger charge is -2.10. The molecule has 0 heterocycles. The summed E-state index contributed by atoms with van der Waals surface area (Å²) < 4.78 is 39.6. The third-order valence-electron chi connectivity index (χ3n) is 2.41. The molecule has 0 spiro atoms. The number of benzene rings is 1. The molecule has 0 unspecified atom stereocenters. The van der Waals surface area contributed by atoms with Crippen LogP contribution in [-0.2, 0) is 0 Å². The number of amides is 2. The standard InChI is InChI=1S/C13H18F3N3O2/c1-2-17-8-3-9-18-12(20)19-10-4-6-11(7-5-10)21-13(14,15)16/h4-7,17H,2-3,8-9H2,1H3,(H2,18,19,20). The van der Waals surface area contributed by atoms with Gasteiger partial charge in [-0.05, 0) is 43.8 Å². The van der Waals surface area contributed by atoms with Crippen LogP contribution >= 0.6 is 0 Å². The Labute approximate surface area is 120 Å². The van der Waals surface area contributed by atoms with Crippen molar-refractivity contribution in [1.82, 2.24) is 10.6 Å². The Morgan fingerprint density at radius 3 is 2.43 bits per heavy atom. The van der Waals surface area contributed by atoms with Crippen LogP contribution in [0.1, 0.15) is 13.3 Å². The molecule has 0 aromatic heterocycles. The summed E-state index contributed by atoms with van der Waals surface area (Å²) in [7, 11) is 0. The van der Waals surface area contributed by atoms with Crippen LogP contribution in [-0.4, -0.2) is 32.0 Å². The van der Waals surface area contributed by atoms with Gasteiger partial charge in [0.25, 0.3) is 0 Å². The van der Waals surface area contributed by atoms with Gasteiger partial charge in [0.05, 0.1) is 0 Å². The summed E-state index contributed by atoms with van der Waals surface area (Å²) in [6.45, 7) is 4.18. The van der Waals surface area contributed by atoms with Crippen molar-refractivity contribution in [3.8, 4) is 5.75 Å². The van der Waals surface area contributed by atoms with Gasteiger partial charge in [0.2, 0.25) is 0 Å². The minimum Gasteiger partial charge on any atom is -0.406 e. The maximum atomic E-state index is 12.0. The molecule has 0 aliphatic heterocycles. The van der Waals surface area contributed by atoms with Crippen molar-refractivity contribution in [2.45, 2.75) is 19.7 Å². The number of urea groups is 1. The molecule has 1 aromatic rings. The van der Waals surface area contributed by atoms with E-state index in [9.17, 15) is 18.0 Å². The topological polar surface area (TPSA) is 62.4 Å². The van der Waals surface area contributed by atoms with Gasteiger partial charge in [-0.1, -0.05) is 6.92 Å². The Balaban J connectivity index is 2.33. The van der Waals surface area contributed by atoms with Crippen molar-refractivity contribution in [3.63, 3.8) is 0 Å². The van der Waals surface area contributed by atoms with Crippen molar-refractivity contribution >= 4 is 11.7 Å². The van der Waals surface area contributed by atoms with Gasteiger partial charge in [0.15, 0.2) is 0 Å². The van der Waals surface area contributed by atoms with Crippen molar-refractivity contribution in [1.29, 1.82) is 0 Å². The number of nitrogens with one attached hydrogen (secondary N) is 3. The number of ether oxygens (including phenoxy) is 1. The van der Waals surface area contributed by atoms with Gasteiger partial charge in [0.1, 0.15) is 5.75 Å². The first-order valence-electron chi connectivity index (χ1n) is 6.52. The Bertz CT molecular complexity index is 435. The average Bonchev–Trinajstić information content (AvgIpc) is 2.39. The number of hydrogen-bond donors (Lipinski definition) is 3. The van der Waals surface area contributed by atoms with E-state index in [1.807, 2.05) is 6.92 Å². The molecule has 118 valence electrons. The SMILES string of the molecule is CCNCCCNC(=O)Nc1ccc(OC(F)(F)F)cc1. The maximum absolute atomic E-state index is 12.0. The third-order valence-corrected chi connectivity index (χ3v) is 2.41. The van der Waals surface area contributed by atoms with Gasteiger partial charge < -0.3 is 20.7 Å². The number of rotatable bonds is 7. The summed E-state index contributed by atoms with van der Waals surface area (Å²) in [4.78, 5) is 11.5. The summed E-state index contributed by atoms with van der Waals surface area (Å²) in [6.07, 6.45) is -3.93. The Morgan fingerprint density at radius 2 is 1.86 bits per heavy atom. The number of alkyl halides is 3. The van der Waals surface area contributed by atoms with E-state index in [4.69, 9.17) is 0 Å². The fourth-order valence-electron chi connectivity index (χ4n) is 1.51. The molecule has 0 atom stereocenters. The summed E-state index contributed by atoms with van der Waals surface area (Å²) in [5.74, 6) is -0.334. The lowest BCUT2D eigenvalue weighted by atomic mass is 10.3. The lowest BCUT2D eigenvalue weighted by Crippen LogP contribution is -2.31. The predicted octanol–water partition coefficient (Wildman–Crippen LogP) is 2.71. The molecule has 3 N–H and O–H groups in total. The minimum absolute atomic E-state index is 0.334. The van der Waals surface area contributed by atoms with Crippen LogP contribution in [0, 0.1) is 0 Å². The second kappa shape index (κ2) is 8.35. The monoisotopic (exact) mass is 305 g/mol. The highest BCUT2D eigenvalue weighted by Gasteiger charge is 2.30. The van der Waals surface area contributed by atoms with E-state index in [2.05, 4.69) is 20.7 Å². The van der Waals surface area contributed by atoms with Crippen LogP contribution in [0.2, 0.25) is 0 Å². The molecule has 1 aromatic carbocycles. The van der Waals surface area contributed by atoms with Crippen LogP contribution in [0.4, 0.5) is 23.7 Å². The molecule has 21 heavy (non-hydrogen) atoms. The second-order valence-electron chi connectivity index (χ2n) is 4.16. The molecule has 2 amide bonds. The average molecular weight is 305 g/mol. The van der Waals surface area contributed by atoms with Gasteiger partial charge >= 0.3 is 12.4 Å². The molecule has 0 aliphatic rings. The first-order chi connectivity index (χ1) is 9.90. The smallest absolute Gasteiger partial charge is 0.406 e. The lowest BCUT2D eigenvalue weighted by molar-refractivity contribution is -0.274. The molecule has 1 rings (SSSR count). The van der Waals surface area contributed by atoms with E-state index >= 15 is 0 Å². The van der Waals surface area contributed by atoms with E-state index in [-0.39, 0.29) is 5.75 Å². The largest absolute Gasteiger partial charge is 0.573 e. The fraction of sp³-hybridized carbons (Fsp3) is 0.462. The quantitative estimate of drug-likeness (QED) is 0.679. The van der Waals surface area contributed by atoms with Crippen LogP contribution in [0.3, 0.4) is 0 Å². The van der Waals surface area contributed by atoms with Crippen LogP contribution < -0.4 is 20.7 Å². The molecule has 0 bridgehead atoms. The van der Waals surface area contributed by atoms with Gasteiger partial charge in [-0.25, -0.2) is 4.79 Å². The molecule has 0 fully saturated rings. The molecule has 0 aliphatic carbocycles. The zero-order chi connectivity index (χ0) is 15.7. The Morgan fingerprint density at radius 1 is 1.19 bits per heavy atom. The highest BCUT2D eigenvalue weighted by molar-refractivity contribution is 5.89. The molecular formula is C13H18F3N3O2. The van der Waals surface area contributed by atoms with E-state index in [0.717, 1.165) is 31.6 Å². The number of carbonyl (C=O) groups excluding carboxylic acids is 1. The van der Waals surface area contributed by atoms with E-state index in [1.54, 1.807) is 0 Å². The van der Waals surface area contributed by atoms with Gasteiger partial charge in [-0.2, -0.15) is 0 Å². The van der Waals surface area contributed by atoms with Gasteiger partial charge in [-0.15, -0.1) is 13.2 Å². The van der Waals surface area contributed by atoms with E-state index in [0.29, 0.717) is 12.2 Å². The predicted molar refractivity (Wildman–Crippen MR) is 73.3 cm³/mol. The molecule has 5 nitrogen and oxygen atoms in total. The second-order valence-corrected chi connectivity index (χ2v) is 4.16. The number of anilines is 1. The van der Waals surface area contributed by atoms with Gasteiger partial charge in [-0.3, -0.25) is 0 Å². The summed E-state index contributed by atoms with van der Waals surface area (Å²) >= 11 is 0. The van der Waals surface area contributed by atoms with Crippen molar-refractivity contribution in [3.05, 3.63) is 24.3 Å². The van der Waals surface area contributed by atoms with Crippen LogP contribution in [0.5, 0.6) is 5.75 Å². The molecule has 0 saturated carbocycles. The van der Waals surface area contributed by atoms with E-state index in [1.165, 1.54) is 12.1 Å². The third kappa shape index (κ3) is 8.03. The zero-order valence-electron chi connectivity index (χ0n) is 11.6. The van der Waals surface area contributed by atoms with Crippen LogP contribution in [0.25, 0.3) is 0 Å². The molecule has 0 radical (unpaired) electrons. The van der Waals surface area contributed by atoms with Crippen molar-refractivity contribution in [2.24, 2.45) is 0 Å². The molecule has 0 saturated heterocycles. The number of hydrogen-bond acceptors (Lipinski definition) is 3. The van der Waals surface area contributed by atoms with E-state index < -0.39 is 12.4 Å². The fourth-order valence-corrected chi connectivity index (χ4v) is 1.51. The number of halogens is 3. The molecular weight excluding hydrogens is 287 g/mol. The number of carbonyl (C=O) groups is 1. The van der Waals surface area contributed by atoms with Gasteiger partial charge in [0, 0.05) is 12.2 Å². The minimum atomic E-state index is -4.72.